The lowest BCUT2D eigenvalue weighted by Gasteiger charge is -2.06. The molecule has 0 saturated heterocycles. The number of benzene rings is 1. The van der Waals surface area contributed by atoms with E-state index in [-0.39, 0.29) is 12.2 Å². The van der Waals surface area contributed by atoms with Gasteiger partial charge in [-0.15, -0.1) is 0 Å². The maximum atomic E-state index is 10.9. The van der Waals surface area contributed by atoms with Gasteiger partial charge in [-0.1, -0.05) is 15.9 Å². The van der Waals surface area contributed by atoms with Crippen molar-refractivity contribution in [2.45, 2.75) is 20.5 Å². The zero-order valence-electron chi connectivity index (χ0n) is 10.6. The van der Waals surface area contributed by atoms with Crippen molar-refractivity contribution in [3.63, 3.8) is 0 Å². The summed E-state index contributed by atoms with van der Waals surface area (Å²) in [7, 11) is 0. The standard InChI is InChI=1S/C14H13BrO4/c1-8-5-10(3-4-13(8)15)18-7-11-6-12(14(16)17)9(2)19-11/h3-6H,7H2,1-2H3,(H,16,17). The molecule has 0 bridgehead atoms. The van der Waals surface area contributed by atoms with Crippen LogP contribution in [0, 0.1) is 13.8 Å². The third-order valence-corrected chi connectivity index (χ3v) is 3.60. The van der Waals surface area contributed by atoms with Gasteiger partial charge in [-0.2, -0.15) is 0 Å². The van der Waals surface area contributed by atoms with E-state index in [9.17, 15) is 4.79 Å². The fourth-order valence-electron chi connectivity index (χ4n) is 1.69. The zero-order chi connectivity index (χ0) is 14.0. The molecular weight excluding hydrogens is 312 g/mol. The smallest absolute Gasteiger partial charge is 0.339 e. The first-order valence-corrected chi connectivity index (χ1v) is 6.48. The molecule has 0 fully saturated rings. The van der Waals surface area contributed by atoms with Gasteiger partial charge in [0.2, 0.25) is 0 Å². The Hall–Kier alpha value is -1.75. The molecule has 2 rings (SSSR count). The minimum atomic E-state index is -0.994. The van der Waals surface area contributed by atoms with Gasteiger partial charge in [0, 0.05) is 4.47 Å². The minimum absolute atomic E-state index is 0.172. The first kappa shape index (κ1) is 13.7. The molecule has 0 aliphatic rings. The van der Waals surface area contributed by atoms with Crippen LogP contribution in [0.15, 0.2) is 33.2 Å². The van der Waals surface area contributed by atoms with Gasteiger partial charge in [0.25, 0.3) is 0 Å². The van der Waals surface area contributed by atoms with E-state index in [1.165, 1.54) is 6.07 Å². The number of carbonyl (C=O) groups is 1. The molecule has 0 radical (unpaired) electrons. The van der Waals surface area contributed by atoms with Gasteiger partial charge in [0.15, 0.2) is 0 Å². The number of halogens is 1. The molecule has 0 spiro atoms. The maximum Gasteiger partial charge on any atom is 0.339 e. The maximum absolute atomic E-state index is 10.9. The first-order valence-electron chi connectivity index (χ1n) is 5.69. The predicted molar refractivity (Wildman–Crippen MR) is 73.6 cm³/mol. The predicted octanol–water partition coefficient (Wildman–Crippen LogP) is 3.94. The summed E-state index contributed by atoms with van der Waals surface area (Å²) in [5.41, 5.74) is 1.24. The number of furan rings is 1. The van der Waals surface area contributed by atoms with Crippen molar-refractivity contribution in [3.05, 3.63) is 51.4 Å². The van der Waals surface area contributed by atoms with Gasteiger partial charge in [-0.05, 0) is 43.7 Å². The SMILES string of the molecule is Cc1cc(OCc2cc(C(=O)O)c(C)o2)ccc1Br. The van der Waals surface area contributed by atoms with Crippen molar-refractivity contribution in [1.29, 1.82) is 0 Å². The van der Waals surface area contributed by atoms with Crippen LogP contribution in [0.4, 0.5) is 0 Å². The van der Waals surface area contributed by atoms with Gasteiger partial charge >= 0.3 is 5.97 Å². The lowest BCUT2D eigenvalue weighted by Crippen LogP contribution is -1.96. The second kappa shape index (κ2) is 5.48. The number of carboxylic acid groups (broad SMARTS) is 1. The van der Waals surface area contributed by atoms with Gasteiger partial charge in [0.05, 0.1) is 0 Å². The Balaban J connectivity index is 2.08. The number of ether oxygens (including phenoxy) is 1. The Morgan fingerprint density at radius 1 is 1.37 bits per heavy atom. The Bertz CT molecular complexity index is 616. The van der Waals surface area contributed by atoms with Crippen LogP contribution < -0.4 is 4.74 Å². The summed E-state index contributed by atoms with van der Waals surface area (Å²) in [6.07, 6.45) is 0. The van der Waals surface area contributed by atoms with Crippen molar-refractivity contribution in [1.82, 2.24) is 0 Å². The number of hydrogen-bond donors (Lipinski definition) is 1. The average Bonchev–Trinajstić information content (AvgIpc) is 2.72. The van der Waals surface area contributed by atoms with Gasteiger partial charge in [-0.25, -0.2) is 4.79 Å². The second-order valence-electron chi connectivity index (χ2n) is 4.19. The molecule has 0 unspecified atom stereocenters. The molecule has 19 heavy (non-hydrogen) atoms. The van der Waals surface area contributed by atoms with Crippen LogP contribution in [-0.2, 0) is 6.61 Å². The van der Waals surface area contributed by atoms with E-state index >= 15 is 0 Å². The molecule has 4 nitrogen and oxygen atoms in total. The average molecular weight is 325 g/mol. The fraction of sp³-hybridized carbons (Fsp3) is 0.214. The molecule has 1 heterocycles. The monoisotopic (exact) mass is 324 g/mol. The summed E-state index contributed by atoms with van der Waals surface area (Å²) in [6.45, 7) is 3.79. The van der Waals surface area contributed by atoms with Crippen molar-refractivity contribution in [2.75, 3.05) is 0 Å². The van der Waals surface area contributed by atoms with Gasteiger partial charge in [-0.3, -0.25) is 0 Å². The summed E-state index contributed by atoms with van der Waals surface area (Å²) in [4.78, 5) is 10.9. The normalized spacial score (nSPS) is 10.5. The van der Waals surface area contributed by atoms with Crippen molar-refractivity contribution in [3.8, 4) is 5.75 Å². The van der Waals surface area contributed by atoms with Crippen LogP contribution in [0.2, 0.25) is 0 Å². The lowest BCUT2D eigenvalue weighted by molar-refractivity contribution is 0.0695. The van der Waals surface area contributed by atoms with Crippen molar-refractivity contribution < 1.29 is 19.1 Å². The number of aryl methyl sites for hydroxylation is 2. The minimum Gasteiger partial charge on any atom is -0.486 e. The summed E-state index contributed by atoms with van der Waals surface area (Å²) in [6, 6.07) is 7.13. The van der Waals surface area contributed by atoms with E-state index in [2.05, 4.69) is 15.9 Å². The van der Waals surface area contributed by atoms with Crippen LogP contribution in [0.5, 0.6) is 5.75 Å². The molecule has 0 aliphatic carbocycles. The molecule has 1 N–H and O–H groups in total. The molecule has 5 heteroatoms. The molecule has 1 aromatic carbocycles. The summed E-state index contributed by atoms with van der Waals surface area (Å²) in [5.74, 6) is 0.604. The third-order valence-electron chi connectivity index (χ3n) is 2.71. The van der Waals surface area contributed by atoms with Crippen LogP contribution in [0.3, 0.4) is 0 Å². The van der Waals surface area contributed by atoms with E-state index < -0.39 is 5.97 Å². The number of aromatic carboxylic acids is 1. The highest BCUT2D eigenvalue weighted by Gasteiger charge is 2.13. The molecule has 0 aliphatic heterocycles. The quantitative estimate of drug-likeness (QED) is 0.925. The van der Waals surface area contributed by atoms with E-state index in [0.717, 1.165) is 10.0 Å². The summed E-state index contributed by atoms with van der Waals surface area (Å²) < 4.78 is 11.9. The molecule has 0 amide bonds. The number of hydrogen-bond acceptors (Lipinski definition) is 3. The first-order chi connectivity index (χ1) is 8.97. The molecule has 0 saturated carbocycles. The van der Waals surface area contributed by atoms with Crippen LogP contribution in [0.25, 0.3) is 0 Å². The van der Waals surface area contributed by atoms with Crippen LogP contribution in [0.1, 0.15) is 27.4 Å². The van der Waals surface area contributed by atoms with Crippen LogP contribution >= 0.6 is 15.9 Å². The van der Waals surface area contributed by atoms with E-state index in [1.807, 2.05) is 25.1 Å². The number of rotatable bonds is 4. The van der Waals surface area contributed by atoms with Crippen molar-refractivity contribution >= 4 is 21.9 Å². The Labute approximate surface area is 119 Å². The highest BCUT2D eigenvalue weighted by Crippen LogP contribution is 2.23. The summed E-state index contributed by atoms with van der Waals surface area (Å²) >= 11 is 3.41. The fourth-order valence-corrected chi connectivity index (χ4v) is 1.94. The molecule has 2 aromatic rings. The highest BCUT2D eigenvalue weighted by molar-refractivity contribution is 9.10. The van der Waals surface area contributed by atoms with Gasteiger partial charge in [0.1, 0.15) is 29.4 Å². The molecule has 0 atom stereocenters. The topological polar surface area (TPSA) is 59.7 Å². The van der Waals surface area contributed by atoms with Gasteiger partial charge < -0.3 is 14.3 Å². The second-order valence-corrected chi connectivity index (χ2v) is 5.04. The molecule has 1 aromatic heterocycles. The van der Waals surface area contributed by atoms with E-state index in [0.29, 0.717) is 17.3 Å². The van der Waals surface area contributed by atoms with Crippen LogP contribution in [-0.4, -0.2) is 11.1 Å². The summed E-state index contributed by atoms with van der Waals surface area (Å²) in [5, 5.41) is 8.93. The highest BCUT2D eigenvalue weighted by atomic mass is 79.9. The molecular formula is C14H13BrO4. The largest absolute Gasteiger partial charge is 0.486 e. The molecule has 100 valence electrons. The lowest BCUT2D eigenvalue weighted by atomic mass is 10.2. The Kier molecular flexibility index (Phi) is 3.95. The van der Waals surface area contributed by atoms with E-state index in [1.54, 1.807) is 6.92 Å². The van der Waals surface area contributed by atoms with Crippen molar-refractivity contribution in [2.24, 2.45) is 0 Å². The third kappa shape index (κ3) is 3.17. The van der Waals surface area contributed by atoms with E-state index in [4.69, 9.17) is 14.3 Å². The number of carboxylic acids is 1. The Morgan fingerprint density at radius 3 is 2.68 bits per heavy atom. The zero-order valence-corrected chi connectivity index (χ0v) is 12.2. The Morgan fingerprint density at radius 2 is 2.11 bits per heavy atom.